The van der Waals surface area contributed by atoms with E-state index in [2.05, 4.69) is 34.5 Å². The fourth-order valence-electron chi connectivity index (χ4n) is 3.96. The number of halogens is 1. The average Bonchev–Trinajstić information content (AvgIpc) is 2.81. The van der Waals surface area contributed by atoms with E-state index in [9.17, 15) is 0 Å². The van der Waals surface area contributed by atoms with Gasteiger partial charge in [0.15, 0.2) is 11.5 Å². The van der Waals surface area contributed by atoms with Crippen molar-refractivity contribution in [2.45, 2.75) is 32.0 Å². The number of hydrogen-bond acceptors (Lipinski definition) is 4. The number of hydrogen-bond donors (Lipinski definition) is 1. The molecule has 4 rings (SSSR count). The van der Waals surface area contributed by atoms with Gasteiger partial charge in [-0.1, -0.05) is 60.1 Å². The first-order chi connectivity index (χ1) is 15.2. The van der Waals surface area contributed by atoms with Crippen molar-refractivity contribution in [3.8, 4) is 11.5 Å². The minimum Gasteiger partial charge on any atom is -0.493 e. The molecule has 3 aromatic rings. The lowest BCUT2D eigenvalue weighted by Crippen LogP contribution is -2.38. The zero-order chi connectivity index (χ0) is 21.5. The number of methoxy groups -OCH3 is 1. The van der Waals surface area contributed by atoms with Gasteiger partial charge in [0.25, 0.3) is 0 Å². The van der Waals surface area contributed by atoms with Gasteiger partial charge in [0, 0.05) is 25.7 Å². The van der Waals surface area contributed by atoms with Crippen molar-refractivity contribution in [3.05, 3.63) is 88.9 Å². The maximum Gasteiger partial charge on any atom is 0.161 e. The molecule has 0 unspecified atom stereocenters. The van der Waals surface area contributed by atoms with Crippen LogP contribution < -0.4 is 14.8 Å². The number of anilines is 1. The molecule has 1 heterocycles. The van der Waals surface area contributed by atoms with E-state index in [4.69, 9.17) is 21.1 Å². The van der Waals surface area contributed by atoms with Crippen molar-refractivity contribution < 1.29 is 9.47 Å². The Morgan fingerprint density at radius 3 is 2.39 bits per heavy atom. The molecule has 1 saturated heterocycles. The van der Waals surface area contributed by atoms with Crippen LogP contribution in [0, 0.1) is 0 Å². The minimum atomic E-state index is 0.455. The van der Waals surface area contributed by atoms with E-state index in [-0.39, 0.29) is 0 Å². The molecule has 1 aliphatic rings. The van der Waals surface area contributed by atoms with Gasteiger partial charge in [-0.3, -0.25) is 4.90 Å². The molecule has 31 heavy (non-hydrogen) atoms. The van der Waals surface area contributed by atoms with Crippen LogP contribution in [0.25, 0.3) is 0 Å². The van der Waals surface area contributed by atoms with Gasteiger partial charge in [-0.05, 0) is 48.2 Å². The molecule has 0 amide bonds. The van der Waals surface area contributed by atoms with Crippen molar-refractivity contribution >= 4 is 17.3 Å². The predicted molar refractivity (Wildman–Crippen MR) is 127 cm³/mol. The quantitative estimate of drug-likeness (QED) is 0.469. The maximum absolute atomic E-state index is 6.29. The average molecular weight is 437 g/mol. The van der Waals surface area contributed by atoms with E-state index >= 15 is 0 Å². The second kappa shape index (κ2) is 10.6. The van der Waals surface area contributed by atoms with Crippen molar-refractivity contribution in [3.63, 3.8) is 0 Å². The first-order valence-corrected chi connectivity index (χ1v) is 11.2. The number of piperidine rings is 1. The Kier molecular flexibility index (Phi) is 7.34. The summed E-state index contributed by atoms with van der Waals surface area (Å²) in [6.07, 6.45) is 2.19. The summed E-state index contributed by atoms with van der Waals surface area (Å²) < 4.78 is 11.6. The Morgan fingerprint density at radius 1 is 0.903 bits per heavy atom. The number of benzene rings is 3. The topological polar surface area (TPSA) is 33.7 Å². The molecule has 4 nitrogen and oxygen atoms in total. The molecule has 0 saturated carbocycles. The normalized spacial score (nSPS) is 14.9. The van der Waals surface area contributed by atoms with Gasteiger partial charge in [0.1, 0.15) is 6.61 Å². The van der Waals surface area contributed by atoms with E-state index in [1.165, 1.54) is 5.56 Å². The maximum atomic E-state index is 6.29. The molecule has 0 spiro atoms. The molecule has 1 N–H and O–H groups in total. The highest BCUT2D eigenvalue weighted by molar-refractivity contribution is 6.33. The standard InChI is InChI=1S/C26H29ClN2O2/c1-30-25-12-11-21(17-26(25)31-19-20-7-3-2-4-8-20)18-29-15-13-22(14-16-29)28-24-10-6-5-9-23(24)27/h2-12,17,22,28H,13-16,18-19H2,1H3. The summed E-state index contributed by atoms with van der Waals surface area (Å²) in [5.41, 5.74) is 3.41. The second-order valence-corrected chi connectivity index (χ2v) is 8.34. The first-order valence-electron chi connectivity index (χ1n) is 10.8. The van der Waals surface area contributed by atoms with Crippen molar-refractivity contribution in [2.24, 2.45) is 0 Å². The van der Waals surface area contributed by atoms with Gasteiger partial charge in [0.2, 0.25) is 0 Å². The highest BCUT2D eigenvalue weighted by Crippen LogP contribution is 2.30. The smallest absolute Gasteiger partial charge is 0.161 e. The van der Waals surface area contributed by atoms with Gasteiger partial charge in [-0.15, -0.1) is 0 Å². The highest BCUT2D eigenvalue weighted by atomic mass is 35.5. The summed E-state index contributed by atoms with van der Waals surface area (Å²) >= 11 is 6.29. The number of nitrogens with one attached hydrogen (secondary N) is 1. The van der Waals surface area contributed by atoms with Gasteiger partial charge in [0.05, 0.1) is 17.8 Å². The van der Waals surface area contributed by atoms with Crippen LogP contribution in [0.5, 0.6) is 11.5 Å². The van der Waals surface area contributed by atoms with Crippen LogP contribution in [0.2, 0.25) is 5.02 Å². The summed E-state index contributed by atoms with van der Waals surface area (Å²) in [6, 6.07) is 24.8. The SMILES string of the molecule is COc1ccc(CN2CCC(Nc3ccccc3Cl)CC2)cc1OCc1ccccc1. The van der Waals surface area contributed by atoms with E-state index in [1.807, 2.05) is 48.5 Å². The van der Waals surface area contributed by atoms with Crippen molar-refractivity contribution in [1.82, 2.24) is 4.90 Å². The monoisotopic (exact) mass is 436 g/mol. The molecule has 0 radical (unpaired) electrons. The number of para-hydroxylation sites is 1. The second-order valence-electron chi connectivity index (χ2n) is 7.93. The molecular formula is C26H29ClN2O2. The molecule has 162 valence electrons. The summed E-state index contributed by atoms with van der Waals surface area (Å²) in [4.78, 5) is 2.49. The van der Waals surface area contributed by atoms with Crippen LogP contribution in [-0.2, 0) is 13.2 Å². The molecule has 0 bridgehead atoms. The van der Waals surface area contributed by atoms with Crippen molar-refractivity contribution in [2.75, 3.05) is 25.5 Å². The molecule has 0 aliphatic carbocycles. The first kappa shape index (κ1) is 21.5. The van der Waals surface area contributed by atoms with Crippen LogP contribution >= 0.6 is 11.6 Å². The van der Waals surface area contributed by atoms with E-state index in [1.54, 1.807) is 7.11 Å². The lowest BCUT2D eigenvalue weighted by molar-refractivity contribution is 0.210. The lowest BCUT2D eigenvalue weighted by atomic mass is 10.0. The summed E-state index contributed by atoms with van der Waals surface area (Å²) in [7, 11) is 1.68. The van der Waals surface area contributed by atoms with E-state index < -0.39 is 0 Å². The van der Waals surface area contributed by atoms with Gasteiger partial charge >= 0.3 is 0 Å². The third-order valence-electron chi connectivity index (χ3n) is 5.69. The Hall–Kier alpha value is -2.69. The lowest BCUT2D eigenvalue weighted by Gasteiger charge is -2.33. The highest BCUT2D eigenvalue weighted by Gasteiger charge is 2.20. The van der Waals surface area contributed by atoms with Crippen LogP contribution in [0.1, 0.15) is 24.0 Å². The number of ether oxygens (including phenoxy) is 2. The van der Waals surface area contributed by atoms with Gasteiger partial charge < -0.3 is 14.8 Å². The van der Waals surface area contributed by atoms with Crippen molar-refractivity contribution in [1.29, 1.82) is 0 Å². The summed E-state index contributed by atoms with van der Waals surface area (Å²) in [5, 5.41) is 4.38. The van der Waals surface area contributed by atoms with E-state index in [0.717, 1.165) is 60.2 Å². The van der Waals surface area contributed by atoms with Crippen LogP contribution in [0.3, 0.4) is 0 Å². The molecular weight excluding hydrogens is 408 g/mol. The number of rotatable bonds is 8. The third kappa shape index (κ3) is 5.93. The largest absolute Gasteiger partial charge is 0.493 e. The fraction of sp³-hybridized carbons (Fsp3) is 0.308. The van der Waals surface area contributed by atoms with E-state index in [0.29, 0.717) is 12.6 Å². The number of likely N-dealkylation sites (tertiary alicyclic amines) is 1. The Balaban J connectivity index is 1.32. The Labute approximate surface area is 189 Å². The zero-order valence-electron chi connectivity index (χ0n) is 17.9. The Morgan fingerprint density at radius 2 is 1.65 bits per heavy atom. The third-order valence-corrected chi connectivity index (χ3v) is 6.02. The molecule has 0 atom stereocenters. The van der Waals surface area contributed by atoms with Crippen LogP contribution in [0.4, 0.5) is 5.69 Å². The predicted octanol–water partition coefficient (Wildman–Crippen LogP) is 6.00. The molecule has 1 aliphatic heterocycles. The summed E-state index contributed by atoms with van der Waals surface area (Å²) in [5.74, 6) is 1.56. The molecule has 0 aromatic heterocycles. The molecule has 5 heteroatoms. The molecule has 3 aromatic carbocycles. The van der Waals surface area contributed by atoms with Crippen LogP contribution in [0.15, 0.2) is 72.8 Å². The summed E-state index contributed by atoms with van der Waals surface area (Å²) in [6.45, 7) is 3.53. The zero-order valence-corrected chi connectivity index (χ0v) is 18.6. The fourth-order valence-corrected chi connectivity index (χ4v) is 4.15. The van der Waals surface area contributed by atoms with Crippen LogP contribution in [-0.4, -0.2) is 31.1 Å². The van der Waals surface area contributed by atoms with Gasteiger partial charge in [-0.25, -0.2) is 0 Å². The Bertz CT molecular complexity index is 972. The number of nitrogens with zero attached hydrogens (tertiary/aromatic N) is 1. The minimum absolute atomic E-state index is 0.455. The molecule has 1 fully saturated rings. The van der Waals surface area contributed by atoms with Gasteiger partial charge in [-0.2, -0.15) is 0 Å².